The van der Waals surface area contributed by atoms with Crippen LogP contribution < -0.4 is 14.8 Å². The predicted molar refractivity (Wildman–Crippen MR) is 98.0 cm³/mol. The average molecular weight is 351 g/mol. The summed E-state index contributed by atoms with van der Waals surface area (Å²) in [6.45, 7) is 2.40. The van der Waals surface area contributed by atoms with E-state index in [1.807, 2.05) is 47.5 Å². The van der Waals surface area contributed by atoms with Crippen LogP contribution in [0.15, 0.2) is 48.3 Å². The molecule has 1 aromatic carbocycles. The Bertz CT molecular complexity index is 835. The molecule has 0 aliphatic carbocycles. The van der Waals surface area contributed by atoms with Crippen molar-refractivity contribution in [3.8, 4) is 11.5 Å². The number of piperazine rings is 1. The lowest BCUT2D eigenvalue weighted by Gasteiger charge is -2.37. The van der Waals surface area contributed by atoms with Crippen molar-refractivity contribution in [3.05, 3.63) is 59.4 Å². The lowest BCUT2D eigenvalue weighted by atomic mass is 10.0. The molecule has 0 saturated carbocycles. The maximum atomic E-state index is 13.2. The summed E-state index contributed by atoms with van der Waals surface area (Å²) in [5.41, 5.74) is 2.56. The number of rotatable bonds is 3. The van der Waals surface area contributed by atoms with E-state index in [-0.39, 0.29) is 18.6 Å². The smallest absolute Gasteiger partial charge is 0.253 e. The third-order valence-corrected chi connectivity index (χ3v) is 4.78. The monoisotopic (exact) mass is 351 g/mol. The van der Waals surface area contributed by atoms with Gasteiger partial charge in [-0.2, -0.15) is 0 Å². The summed E-state index contributed by atoms with van der Waals surface area (Å²) in [4.78, 5) is 19.3. The second-order valence-electron chi connectivity index (χ2n) is 6.34. The lowest BCUT2D eigenvalue weighted by molar-refractivity contribution is -0.130. The summed E-state index contributed by atoms with van der Waals surface area (Å²) in [5, 5.41) is 3.36. The Labute approximate surface area is 152 Å². The number of pyridine rings is 1. The first kappa shape index (κ1) is 16.6. The van der Waals surface area contributed by atoms with E-state index in [9.17, 15) is 4.79 Å². The van der Waals surface area contributed by atoms with Gasteiger partial charge in [-0.3, -0.25) is 9.78 Å². The highest BCUT2D eigenvalue weighted by atomic mass is 16.5. The number of methoxy groups -OCH3 is 1. The van der Waals surface area contributed by atoms with E-state index in [2.05, 4.69) is 10.3 Å². The van der Waals surface area contributed by atoms with Crippen molar-refractivity contribution in [1.82, 2.24) is 15.2 Å². The Morgan fingerprint density at radius 2 is 2.27 bits per heavy atom. The number of aromatic nitrogens is 1. The molecule has 4 rings (SSSR count). The lowest BCUT2D eigenvalue weighted by Crippen LogP contribution is -2.49. The molecule has 3 heterocycles. The molecule has 2 aliphatic heterocycles. The summed E-state index contributed by atoms with van der Waals surface area (Å²) >= 11 is 0. The number of benzene rings is 1. The number of para-hydroxylation sites is 1. The highest BCUT2D eigenvalue weighted by Gasteiger charge is 2.31. The summed E-state index contributed by atoms with van der Waals surface area (Å²) < 4.78 is 11.2. The molecule has 1 N–H and O–H groups in total. The molecule has 2 aliphatic rings. The van der Waals surface area contributed by atoms with E-state index >= 15 is 0 Å². The number of carbonyl (C=O) groups is 1. The van der Waals surface area contributed by atoms with Crippen molar-refractivity contribution >= 4 is 12.0 Å². The number of carbonyl (C=O) groups excluding carboxylic acids is 1. The second kappa shape index (κ2) is 7.17. The van der Waals surface area contributed by atoms with Crippen LogP contribution in [-0.4, -0.2) is 49.1 Å². The molecule has 6 heteroatoms. The van der Waals surface area contributed by atoms with Gasteiger partial charge in [0.15, 0.2) is 11.5 Å². The molecule has 1 atom stereocenters. The van der Waals surface area contributed by atoms with E-state index in [1.54, 1.807) is 13.3 Å². The number of hydrogen-bond acceptors (Lipinski definition) is 5. The van der Waals surface area contributed by atoms with Crippen molar-refractivity contribution in [1.29, 1.82) is 0 Å². The van der Waals surface area contributed by atoms with Crippen molar-refractivity contribution < 1.29 is 14.3 Å². The van der Waals surface area contributed by atoms with Gasteiger partial charge in [0.05, 0.1) is 18.7 Å². The zero-order valence-electron chi connectivity index (χ0n) is 14.6. The first-order valence-corrected chi connectivity index (χ1v) is 8.70. The minimum Gasteiger partial charge on any atom is -0.493 e. The quantitative estimate of drug-likeness (QED) is 0.917. The maximum absolute atomic E-state index is 13.2. The highest BCUT2D eigenvalue weighted by Crippen LogP contribution is 2.36. The molecule has 2 aromatic rings. The van der Waals surface area contributed by atoms with Gasteiger partial charge < -0.3 is 19.7 Å². The SMILES string of the molecule is COc1cccc2c1OCC(C(=O)N1CCNCC1c1cccnc1)=C2. The van der Waals surface area contributed by atoms with Crippen LogP contribution in [0, 0.1) is 0 Å². The molecule has 1 fully saturated rings. The number of nitrogens with zero attached hydrogens (tertiary/aromatic N) is 2. The minimum absolute atomic E-state index is 0.00817. The van der Waals surface area contributed by atoms with Crippen molar-refractivity contribution in [2.24, 2.45) is 0 Å². The van der Waals surface area contributed by atoms with Crippen LogP contribution in [0.3, 0.4) is 0 Å². The normalized spacial score (nSPS) is 19.2. The zero-order chi connectivity index (χ0) is 17.9. The average Bonchev–Trinajstić information content (AvgIpc) is 2.73. The van der Waals surface area contributed by atoms with E-state index in [1.165, 1.54) is 0 Å². The van der Waals surface area contributed by atoms with Crippen LogP contribution in [0.4, 0.5) is 0 Å². The molecular weight excluding hydrogens is 330 g/mol. The summed E-state index contributed by atoms with van der Waals surface area (Å²) in [6.07, 6.45) is 5.48. The molecule has 0 bridgehead atoms. The predicted octanol–water partition coefficient (Wildman–Crippen LogP) is 2.04. The van der Waals surface area contributed by atoms with Crippen LogP contribution in [0.2, 0.25) is 0 Å². The summed E-state index contributed by atoms with van der Waals surface area (Å²) in [5.74, 6) is 1.38. The third-order valence-electron chi connectivity index (χ3n) is 4.78. The van der Waals surface area contributed by atoms with Gasteiger partial charge >= 0.3 is 0 Å². The van der Waals surface area contributed by atoms with Crippen LogP contribution in [0.1, 0.15) is 17.2 Å². The van der Waals surface area contributed by atoms with Crippen LogP contribution in [0.25, 0.3) is 6.08 Å². The fourth-order valence-electron chi connectivity index (χ4n) is 3.47. The Morgan fingerprint density at radius 1 is 1.35 bits per heavy atom. The van der Waals surface area contributed by atoms with Crippen LogP contribution in [-0.2, 0) is 4.79 Å². The number of nitrogens with one attached hydrogen (secondary N) is 1. The number of amides is 1. The van der Waals surface area contributed by atoms with Gasteiger partial charge in [-0.15, -0.1) is 0 Å². The van der Waals surface area contributed by atoms with Crippen molar-refractivity contribution in [2.75, 3.05) is 33.4 Å². The molecule has 0 radical (unpaired) electrons. The Hall–Kier alpha value is -2.86. The van der Waals surface area contributed by atoms with Gasteiger partial charge in [-0.05, 0) is 23.8 Å². The Kier molecular flexibility index (Phi) is 4.58. The molecule has 1 amide bonds. The third kappa shape index (κ3) is 3.04. The summed E-state index contributed by atoms with van der Waals surface area (Å²) in [6, 6.07) is 9.57. The van der Waals surface area contributed by atoms with Crippen molar-refractivity contribution in [2.45, 2.75) is 6.04 Å². The molecule has 1 saturated heterocycles. The van der Waals surface area contributed by atoms with E-state index in [0.717, 1.165) is 24.2 Å². The number of ether oxygens (including phenoxy) is 2. The molecular formula is C20H21N3O3. The fourth-order valence-corrected chi connectivity index (χ4v) is 3.47. The minimum atomic E-state index is -0.0300. The van der Waals surface area contributed by atoms with Gasteiger partial charge in [0.25, 0.3) is 5.91 Å². The molecule has 0 spiro atoms. The highest BCUT2D eigenvalue weighted by molar-refractivity contribution is 5.99. The van der Waals surface area contributed by atoms with E-state index in [0.29, 0.717) is 23.6 Å². The molecule has 134 valence electrons. The van der Waals surface area contributed by atoms with Gasteiger partial charge in [-0.25, -0.2) is 0 Å². The Morgan fingerprint density at radius 3 is 3.08 bits per heavy atom. The fraction of sp³-hybridized carbons (Fsp3) is 0.300. The van der Waals surface area contributed by atoms with E-state index < -0.39 is 0 Å². The molecule has 6 nitrogen and oxygen atoms in total. The van der Waals surface area contributed by atoms with Crippen molar-refractivity contribution in [3.63, 3.8) is 0 Å². The van der Waals surface area contributed by atoms with Crippen LogP contribution >= 0.6 is 0 Å². The van der Waals surface area contributed by atoms with Gasteiger partial charge in [0, 0.05) is 37.6 Å². The number of fused-ring (bicyclic) bond motifs is 1. The maximum Gasteiger partial charge on any atom is 0.253 e. The Balaban J connectivity index is 1.63. The molecule has 1 aromatic heterocycles. The van der Waals surface area contributed by atoms with Gasteiger partial charge in [0.2, 0.25) is 0 Å². The summed E-state index contributed by atoms with van der Waals surface area (Å²) in [7, 11) is 1.61. The zero-order valence-corrected chi connectivity index (χ0v) is 14.6. The second-order valence-corrected chi connectivity index (χ2v) is 6.34. The number of hydrogen-bond donors (Lipinski definition) is 1. The first-order valence-electron chi connectivity index (χ1n) is 8.70. The first-order chi connectivity index (χ1) is 12.8. The standard InChI is InChI=1S/C20H21N3O3/c1-25-18-6-2-4-14-10-16(13-26-19(14)18)20(24)23-9-8-22-12-17(23)15-5-3-7-21-11-15/h2-7,10-11,17,22H,8-9,12-13H2,1H3. The van der Waals surface area contributed by atoms with Gasteiger partial charge in [-0.1, -0.05) is 18.2 Å². The largest absolute Gasteiger partial charge is 0.493 e. The van der Waals surface area contributed by atoms with Gasteiger partial charge in [0.1, 0.15) is 6.61 Å². The molecule has 1 unspecified atom stereocenters. The van der Waals surface area contributed by atoms with Crippen LogP contribution in [0.5, 0.6) is 11.5 Å². The molecule has 26 heavy (non-hydrogen) atoms. The topological polar surface area (TPSA) is 63.7 Å². The van der Waals surface area contributed by atoms with E-state index in [4.69, 9.17) is 9.47 Å².